The van der Waals surface area contributed by atoms with Gasteiger partial charge < -0.3 is 9.47 Å². The fourth-order valence-electron chi connectivity index (χ4n) is 1.74. The Labute approximate surface area is 75.2 Å². The second-order valence-electron chi connectivity index (χ2n) is 4.13. The Morgan fingerprint density at radius 2 is 2.17 bits per heavy atom. The van der Waals surface area contributed by atoms with E-state index in [9.17, 15) is 0 Å². The smallest absolute Gasteiger partial charge is 0.170 e. The molecule has 12 heavy (non-hydrogen) atoms. The summed E-state index contributed by atoms with van der Waals surface area (Å²) in [4.78, 5) is 0. The summed E-state index contributed by atoms with van der Waals surface area (Å²) in [6.07, 6.45) is 2.24. The minimum atomic E-state index is -0.299. The van der Waals surface area contributed by atoms with Crippen molar-refractivity contribution in [3.8, 4) is 0 Å². The molecule has 0 aromatic heterocycles. The first kappa shape index (κ1) is 10.0. The van der Waals surface area contributed by atoms with Crippen LogP contribution in [0.5, 0.6) is 0 Å². The Morgan fingerprint density at radius 1 is 1.50 bits per heavy atom. The van der Waals surface area contributed by atoms with E-state index in [2.05, 4.69) is 20.8 Å². The topological polar surface area (TPSA) is 18.5 Å². The Morgan fingerprint density at radius 3 is 2.50 bits per heavy atom. The highest BCUT2D eigenvalue weighted by Gasteiger charge is 2.38. The normalized spacial score (nSPS) is 37.2. The lowest BCUT2D eigenvalue weighted by Gasteiger charge is -2.41. The summed E-state index contributed by atoms with van der Waals surface area (Å²) in [5.41, 5.74) is 0. The molecule has 0 unspecified atom stereocenters. The van der Waals surface area contributed by atoms with Crippen LogP contribution in [0.25, 0.3) is 0 Å². The number of methoxy groups -OCH3 is 1. The van der Waals surface area contributed by atoms with Crippen LogP contribution in [0.1, 0.15) is 33.6 Å². The molecule has 0 spiro atoms. The Kier molecular flexibility index (Phi) is 3.13. The van der Waals surface area contributed by atoms with Crippen LogP contribution in [0, 0.1) is 11.8 Å². The van der Waals surface area contributed by atoms with Gasteiger partial charge in [-0.2, -0.15) is 0 Å². The van der Waals surface area contributed by atoms with Crippen LogP contribution in [0.3, 0.4) is 0 Å². The predicted octanol–water partition coefficient (Wildman–Crippen LogP) is 2.43. The van der Waals surface area contributed by atoms with Crippen LogP contribution in [0.15, 0.2) is 0 Å². The Balaban J connectivity index is 2.57. The van der Waals surface area contributed by atoms with Crippen LogP contribution in [0.4, 0.5) is 0 Å². The van der Waals surface area contributed by atoms with Gasteiger partial charge in [0.2, 0.25) is 0 Å². The van der Waals surface area contributed by atoms with Crippen molar-refractivity contribution in [2.45, 2.75) is 39.4 Å². The van der Waals surface area contributed by atoms with Gasteiger partial charge in [-0.1, -0.05) is 20.8 Å². The second kappa shape index (κ2) is 3.75. The van der Waals surface area contributed by atoms with E-state index in [1.165, 1.54) is 6.42 Å². The molecule has 1 fully saturated rings. The fourth-order valence-corrected chi connectivity index (χ4v) is 1.74. The average molecular weight is 172 g/mol. The molecular weight excluding hydrogens is 152 g/mol. The van der Waals surface area contributed by atoms with E-state index >= 15 is 0 Å². The Hall–Kier alpha value is -0.0800. The third-order valence-electron chi connectivity index (χ3n) is 2.82. The molecule has 0 N–H and O–H groups in total. The first-order valence-corrected chi connectivity index (χ1v) is 4.80. The predicted molar refractivity (Wildman–Crippen MR) is 48.9 cm³/mol. The number of hydrogen-bond acceptors (Lipinski definition) is 2. The van der Waals surface area contributed by atoms with E-state index in [0.717, 1.165) is 13.0 Å². The zero-order chi connectivity index (χ0) is 9.19. The van der Waals surface area contributed by atoms with Crippen LogP contribution in [-0.2, 0) is 9.47 Å². The summed E-state index contributed by atoms with van der Waals surface area (Å²) in [6, 6.07) is 0. The zero-order valence-corrected chi connectivity index (χ0v) is 8.59. The van der Waals surface area contributed by atoms with E-state index in [1.807, 2.05) is 0 Å². The molecule has 1 rings (SSSR count). The lowest BCUT2D eigenvalue weighted by Crippen LogP contribution is -2.45. The molecule has 72 valence electrons. The van der Waals surface area contributed by atoms with Gasteiger partial charge >= 0.3 is 0 Å². The minimum Gasteiger partial charge on any atom is -0.353 e. The number of rotatable bonds is 2. The van der Waals surface area contributed by atoms with Gasteiger partial charge in [0.1, 0.15) is 0 Å². The first-order chi connectivity index (χ1) is 5.60. The average Bonchev–Trinajstić information content (AvgIpc) is 2.06. The van der Waals surface area contributed by atoms with E-state index in [0.29, 0.717) is 11.8 Å². The highest BCUT2D eigenvalue weighted by Crippen LogP contribution is 2.34. The van der Waals surface area contributed by atoms with Crippen molar-refractivity contribution in [1.82, 2.24) is 0 Å². The molecule has 0 aliphatic carbocycles. The molecule has 0 aromatic rings. The number of ether oxygens (including phenoxy) is 2. The van der Waals surface area contributed by atoms with Crippen LogP contribution >= 0.6 is 0 Å². The monoisotopic (exact) mass is 172 g/mol. The summed E-state index contributed by atoms with van der Waals surface area (Å²) in [5, 5.41) is 0. The van der Waals surface area contributed by atoms with Crippen molar-refractivity contribution < 1.29 is 9.47 Å². The van der Waals surface area contributed by atoms with Crippen molar-refractivity contribution in [3.05, 3.63) is 0 Å². The zero-order valence-electron chi connectivity index (χ0n) is 8.59. The molecular formula is C10H20O2. The molecule has 1 heterocycles. The van der Waals surface area contributed by atoms with Gasteiger partial charge in [0.25, 0.3) is 0 Å². The summed E-state index contributed by atoms with van der Waals surface area (Å²) in [7, 11) is 1.75. The maximum absolute atomic E-state index is 5.77. The third kappa shape index (κ3) is 1.80. The standard InChI is InChI=1S/C10H20O2/c1-8(2)10(11-4)6-5-9(3)7-12-10/h8-9H,5-7H2,1-4H3/t9-,10-/m0/s1. The van der Waals surface area contributed by atoms with Gasteiger partial charge in [-0.05, 0) is 12.3 Å². The summed E-state index contributed by atoms with van der Waals surface area (Å²) in [5.74, 6) is 0.828. The summed E-state index contributed by atoms with van der Waals surface area (Å²) >= 11 is 0. The first-order valence-electron chi connectivity index (χ1n) is 4.80. The largest absolute Gasteiger partial charge is 0.353 e. The van der Waals surface area contributed by atoms with Gasteiger partial charge in [-0.3, -0.25) is 0 Å². The van der Waals surface area contributed by atoms with E-state index in [1.54, 1.807) is 7.11 Å². The minimum absolute atomic E-state index is 0.299. The maximum atomic E-state index is 5.77. The molecule has 0 amide bonds. The van der Waals surface area contributed by atoms with E-state index in [-0.39, 0.29) is 5.79 Å². The van der Waals surface area contributed by atoms with E-state index in [4.69, 9.17) is 9.47 Å². The van der Waals surface area contributed by atoms with Crippen molar-refractivity contribution in [2.75, 3.05) is 13.7 Å². The third-order valence-corrected chi connectivity index (χ3v) is 2.82. The van der Waals surface area contributed by atoms with Crippen molar-refractivity contribution in [3.63, 3.8) is 0 Å². The summed E-state index contributed by atoms with van der Waals surface area (Å²) < 4.78 is 11.2. The quantitative estimate of drug-likeness (QED) is 0.637. The fraction of sp³-hybridized carbons (Fsp3) is 1.00. The lowest BCUT2D eigenvalue weighted by molar-refractivity contribution is -0.274. The molecule has 1 aliphatic rings. The molecule has 0 saturated carbocycles. The van der Waals surface area contributed by atoms with Crippen molar-refractivity contribution in [2.24, 2.45) is 11.8 Å². The van der Waals surface area contributed by atoms with Gasteiger partial charge in [0, 0.05) is 19.4 Å². The van der Waals surface area contributed by atoms with Gasteiger partial charge in [-0.15, -0.1) is 0 Å². The molecule has 1 saturated heterocycles. The van der Waals surface area contributed by atoms with Crippen LogP contribution in [0.2, 0.25) is 0 Å². The van der Waals surface area contributed by atoms with Crippen molar-refractivity contribution in [1.29, 1.82) is 0 Å². The SMILES string of the molecule is CO[C@@]1(C(C)C)CC[C@H](C)CO1. The molecule has 2 heteroatoms. The molecule has 0 radical (unpaired) electrons. The molecule has 1 aliphatic heterocycles. The lowest BCUT2D eigenvalue weighted by atomic mass is 9.90. The second-order valence-corrected chi connectivity index (χ2v) is 4.13. The highest BCUT2D eigenvalue weighted by molar-refractivity contribution is 4.78. The van der Waals surface area contributed by atoms with Gasteiger partial charge in [0.05, 0.1) is 6.61 Å². The summed E-state index contributed by atoms with van der Waals surface area (Å²) in [6.45, 7) is 7.37. The highest BCUT2D eigenvalue weighted by atomic mass is 16.7. The van der Waals surface area contributed by atoms with Crippen LogP contribution in [-0.4, -0.2) is 19.5 Å². The van der Waals surface area contributed by atoms with E-state index < -0.39 is 0 Å². The van der Waals surface area contributed by atoms with Crippen molar-refractivity contribution >= 4 is 0 Å². The van der Waals surface area contributed by atoms with Gasteiger partial charge in [-0.25, -0.2) is 0 Å². The molecule has 2 nitrogen and oxygen atoms in total. The van der Waals surface area contributed by atoms with Crippen LogP contribution < -0.4 is 0 Å². The molecule has 2 atom stereocenters. The van der Waals surface area contributed by atoms with Gasteiger partial charge in [0.15, 0.2) is 5.79 Å². The molecule has 0 aromatic carbocycles. The maximum Gasteiger partial charge on any atom is 0.170 e. The number of hydrogen-bond donors (Lipinski definition) is 0. The Bertz CT molecular complexity index is 135. The molecule has 0 bridgehead atoms.